The van der Waals surface area contributed by atoms with Crippen molar-refractivity contribution in [3.63, 3.8) is 0 Å². The maximum absolute atomic E-state index is 13.7. The van der Waals surface area contributed by atoms with E-state index in [2.05, 4.69) is 5.32 Å². The zero-order chi connectivity index (χ0) is 14.5. The quantitative estimate of drug-likeness (QED) is 0.879. The van der Waals surface area contributed by atoms with E-state index < -0.39 is 5.82 Å². The molecule has 0 amide bonds. The molecule has 1 unspecified atom stereocenters. The number of nitrogens with one attached hydrogen (secondary N) is 1. The Bertz CT molecular complexity index is 586. The first-order chi connectivity index (χ1) is 9.58. The third-order valence-electron chi connectivity index (χ3n) is 3.25. The minimum absolute atomic E-state index is 0.0183. The van der Waals surface area contributed by atoms with Crippen molar-refractivity contribution in [1.82, 2.24) is 5.32 Å². The van der Waals surface area contributed by atoms with Gasteiger partial charge < -0.3 is 5.32 Å². The third kappa shape index (κ3) is 4.02. The van der Waals surface area contributed by atoms with Gasteiger partial charge in [0.05, 0.1) is 0 Å². The van der Waals surface area contributed by atoms with Gasteiger partial charge in [0.15, 0.2) is 0 Å². The van der Waals surface area contributed by atoms with Crippen LogP contribution in [0.25, 0.3) is 0 Å². The van der Waals surface area contributed by atoms with E-state index in [-0.39, 0.29) is 11.9 Å². The molecule has 0 saturated carbocycles. The van der Waals surface area contributed by atoms with Crippen molar-refractivity contribution in [2.45, 2.75) is 18.9 Å². The second kappa shape index (κ2) is 6.82. The van der Waals surface area contributed by atoms with Gasteiger partial charge in [0.25, 0.3) is 0 Å². The molecule has 0 fully saturated rings. The Kier molecular flexibility index (Phi) is 5.10. The predicted octanol–water partition coefficient (Wildman–Crippen LogP) is 3.99. The Labute approximate surface area is 122 Å². The number of benzene rings is 2. The molecule has 0 aliphatic rings. The molecule has 1 nitrogen and oxygen atoms in total. The lowest BCUT2D eigenvalue weighted by Crippen LogP contribution is -2.30. The van der Waals surface area contributed by atoms with Crippen molar-refractivity contribution in [3.05, 3.63) is 70.2 Å². The number of rotatable bonds is 5. The maximum Gasteiger partial charge on any atom is 0.126 e. The van der Waals surface area contributed by atoms with Crippen molar-refractivity contribution in [2.24, 2.45) is 0 Å². The fourth-order valence-corrected chi connectivity index (χ4v) is 2.40. The summed E-state index contributed by atoms with van der Waals surface area (Å²) in [5.41, 5.74) is 1.44. The summed E-state index contributed by atoms with van der Waals surface area (Å²) in [6, 6.07) is 11.1. The van der Waals surface area contributed by atoms with Gasteiger partial charge in [-0.15, -0.1) is 0 Å². The van der Waals surface area contributed by atoms with Crippen LogP contribution in [0.3, 0.4) is 0 Å². The maximum atomic E-state index is 13.7. The average molecular weight is 296 g/mol. The van der Waals surface area contributed by atoms with Crippen LogP contribution < -0.4 is 5.32 Å². The molecule has 0 bridgehead atoms. The first-order valence-corrected chi connectivity index (χ1v) is 6.82. The van der Waals surface area contributed by atoms with E-state index in [0.717, 1.165) is 17.7 Å². The van der Waals surface area contributed by atoms with Crippen LogP contribution in [-0.4, -0.2) is 13.1 Å². The zero-order valence-corrected chi connectivity index (χ0v) is 11.9. The Hall–Kier alpha value is -1.45. The first kappa shape index (κ1) is 14.9. The second-order valence-electron chi connectivity index (χ2n) is 4.76. The van der Waals surface area contributed by atoms with Gasteiger partial charge in [-0.3, -0.25) is 0 Å². The average Bonchev–Trinajstić information content (AvgIpc) is 2.42. The summed E-state index contributed by atoms with van der Waals surface area (Å²) in [5.74, 6) is -0.795. The van der Waals surface area contributed by atoms with Crippen molar-refractivity contribution in [1.29, 1.82) is 0 Å². The Morgan fingerprint density at radius 3 is 2.60 bits per heavy atom. The lowest BCUT2D eigenvalue weighted by Gasteiger charge is -2.17. The highest BCUT2D eigenvalue weighted by Crippen LogP contribution is 2.16. The molecular formula is C16H16ClF2N. The summed E-state index contributed by atoms with van der Waals surface area (Å²) < 4.78 is 26.8. The molecule has 1 atom stereocenters. The van der Waals surface area contributed by atoms with Crippen LogP contribution in [0.4, 0.5) is 8.78 Å². The summed E-state index contributed by atoms with van der Waals surface area (Å²) in [5, 5.41) is 3.81. The van der Waals surface area contributed by atoms with Gasteiger partial charge in [-0.05, 0) is 61.3 Å². The second-order valence-corrected chi connectivity index (χ2v) is 5.20. The fourth-order valence-electron chi connectivity index (χ4n) is 2.19. The summed E-state index contributed by atoms with van der Waals surface area (Å²) in [6.07, 6.45) is 1.12. The monoisotopic (exact) mass is 295 g/mol. The minimum Gasteiger partial charge on any atom is -0.316 e. The molecule has 2 rings (SSSR count). The summed E-state index contributed by atoms with van der Waals surface area (Å²) in [6.45, 7) is 0. The highest BCUT2D eigenvalue weighted by molar-refractivity contribution is 6.30. The van der Waals surface area contributed by atoms with Crippen LogP contribution in [0.5, 0.6) is 0 Å². The number of hydrogen-bond donors (Lipinski definition) is 1. The van der Waals surface area contributed by atoms with Crippen LogP contribution in [0.15, 0.2) is 42.5 Å². The van der Waals surface area contributed by atoms with Gasteiger partial charge >= 0.3 is 0 Å². The van der Waals surface area contributed by atoms with E-state index in [9.17, 15) is 8.78 Å². The summed E-state index contributed by atoms with van der Waals surface area (Å²) in [4.78, 5) is 0. The molecule has 0 aliphatic carbocycles. The Morgan fingerprint density at radius 2 is 1.90 bits per heavy atom. The van der Waals surface area contributed by atoms with Gasteiger partial charge in [-0.1, -0.05) is 23.7 Å². The highest BCUT2D eigenvalue weighted by atomic mass is 35.5. The van der Waals surface area contributed by atoms with E-state index in [4.69, 9.17) is 11.6 Å². The molecule has 0 saturated heterocycles. The fraction of sp³-hybridized carbons (Fsp3) is 0.250. The van der Waals surface area contributed by atoms with Gasteiger partial charge in [0.2, 0.25) is 0 Å². The molecule has 0 aromatic heterocycles. The molecule has 20 heavy (non-hydrogen) atoms. The molecule has 2 aromatic rings. The predicted molar refractivity (Wildman–Crippen MR) is 78.1 cm³/mol. The van der Waals surface area contributed by atoms with Crippen molar-refractivity contribution in [3.8, 4) is 0 Å². The first-order valence-electron chi connectivity index (χ1n) is 6.44. The normalized spacial score (nSPS) is 12.4. The molecule has 1 N–H and O–H groups in total. The molecule has 4 heteroatoms. The van der Waals surface area contributed by atoms with E-state index in [1.54, 1.807) is 0 Å². The Balaban J connectivity index is 2.11. The topological polar surface area (TPSA) is 12.0 Å². The molecule has 0 radical (unpaired) electrons. The van der Waals surface area contributed by atoms with Crippen LogP contribution in [-0.2, 0) is 12.8 Å². The van der Waals surface area contributed by atoms with Crippen LogP contribution in [0.2, 0.25) is 5.02 Å². The number of likely N-dealkylation sites (N-methyl/N-ethyl adjacent to an activating group) is 1. The molecule has 0 spiro atoms. The molecule has 2 aromatic carbocycles. The minimum atomic E-state index is -0.418. The Morgan fingerprint density at radius 1 is 1.10 bits per heavy atom. The van der Waals surface area contributed by atoms with Crippen LogP contribution in [0.1, 0.15) is 11.1 Å². The van der Waals surface area contributed by atoms with Gasteiger partial charge in [-0.25, -0.2) is 8.78 Å². The van der Waals surface area contributed by atoms with Crippen LogP contribution >= 0.6 is 11.6 Å². The number of hydrogen-bond acceptors (Lipinski definition) is 1. The molecular weight excluding hydrogens is 280 g/mol. The third-order valence-corrected chi connectivity index (χ3v) is 3.49. The van der Waals surface area contributed by atoms with Crippen molar-refractivity contribution in [2.75, 3.05) is 7.05 Å². The summed E-state index contributed by atoms with van der Waals surface area (Å²) in [7, 11) is 1.81. The SMILES string of the molecule is CNC(Cc1cccc(Cl)c1)Cc1cc(F)ccc1F. The standard InChI is InChI=1S/C16H16ClF2N/c1-20-15(8-11-3-2-4-13(17)7-11)10-12-9-14(18)5-6-16(12)19/h2-7,9,15,20H,8,10H2,1H3. The van der Waals surface area contributed by atoms with E-state index in [1.165, 1.54) is 6.07 Å². The molecule has 106 valence electrons. The highest BCUT2D eigenvalue weighted by Gasteiger charge is 2.12. The zero-order valence-electron chi connectivity index (χ0n) is 11.2. The lowest BCUT2D eigenvalue weighted by molar-refractivity contribution is 0.525. The molecule has 0 aliphatic heterocycles. The van der Waals surface area contributed by atoms with E-state index >= 15 is 0 Å². The van der Waals surface area contributed by atoms with Gasteiger partial charge in [0.1, 0.15) is 11.6 Å². The van der Waals surface area contributed by atoms with E-state index in [1.807, 2.05) is 31.3 Å². The van der Waals surface area contributed by atoms with Crippen LogP contribution in [0, 0.1) is 11.6 Å². The van der Waals surface area contributed by atoms with Crippen molar-refractivity contribution < 1.29 is 8.78 Å². The number of halogens is 3. The molecule has 0 heterocycles. The van der Waals surface area contributed by atoms with Gasteiger partial charge in [-0.2, -0.15) is 0 Å². The lowest BCUT2D eigenvalue weighted by atomic mass is 9.99. The smallest absolute Gasteiger partial charge is 0.126 e. The van der Waals surface area contributed by atoms with Gasteiger partial charge in [0, 0.05) is 11.1 Å². The summed E-state index contributed by atoms with van der Waals surface area (Å²) >= 11 is 5.95. The van der Waals surface area contributed by atoms with Crippen molar-refractivity contribution >= 4 is 11.6 Å². The van der Waals surface area contributed by atoms with E-state index in [0.29, 0.717) is 23.4 Å². The largest absolute Gasteiger partial charge is 0.316 e.